The van der Waals surface area contributed by atoms with E-state index in [0.29, 0.717) is 28.5 Å². The van der Waals surface area contributed by atoms with Gasteiger partial charge in [-0.15, -0.1) is 0 Å². The topological polar surface area (TPSA) is 70.5 Å². The van der Waals surface area contributed by atoms with E-state index in [1.807, 2.05) is 50.2 Å². The molecule has 0 saturated carbocycles. The Morgan fingerprint density at radius 1 is 0.571 bits per heavy atom. The minimum atomic E-state index is -4.62. The van der Waals surface area contributed by atoms with E-state index < -0.39 is 17.2 Å². The lowest BCUT2D eigenvalue weighted by Crippen LogP contribution is -2.21. The molecular weight excluding hydrogens is 453 g/mol. The van der Waals surface area contributed by atoms with E-state index in [1.54, 1.807) is 36.4 Å². The SMILES string of the molecule is CC(C)(c1ccccc1Oc1ccc(N)cc1)c1ccccc1Oc1ccc(N)cc1C(F)(F)F. The zero-order chi connectivity index (χ0) is 25.2. The quantitative estimate of drug-likeness (QED) is 0.278. The summed E-state index contributed by atoms with van der Waals surface area (Å²) in [6.07, 6.45) is -4.62. The van der Waals surface area contributed by atoms with Crippen molar-refractivity contribution in [3.8, 4) is 23.0 Å². The van der Waals surface area contributed by atoms with E-state index in [2.05, 4.69) is 0 Å². The van der Waals surface area contributed by atoms with Crippen molar-refractivity contribution in [3.05, 3.63) is 108 Å². The predicted molar refractivity (Wildman–Crippen MR) is 132 cm³/mol. The van der Waals surface area contributed by atoms with E-state index in [1.165, 1.54) is 12.1 Å². The average Bonchev–Trinajstić information content (AvgIpc) is 2.81. The maximum atomic E-state index is 13.7. The summed E-state index contributed by atoms with van der Waals surface area (Å²) in [4.78, 5) is 0. The molecule has 4 aromatic rings. The number of nitrogen functional groups attached to an aromatic ring is 2. The summed E-state index contributed by atoms with van der Waals surface area (Å²) in [6.45, 7) is 3.93. The Labute approximate surface area is 201 Å². The predicted octanol–water partition coefficient (Wildman–Crippen LogP) is 7.78. The van der Waals surface area contributed by atoms with Crippen molar-refractivity contribution in [2.24, 2.45) is 0 Å². The highest BCUT2D eigenvalue weighted by atomic mass is 19.4. The molecule has 0 aliphatic rings. The average molecular weight is 479 g/mol. The van der Waals surface area contributed by atoms with Gasteiger partial charge < -0.3 is 20.9 Å². The van der Waals surface area contributed by atoms with E-state index in [0.717, 1.165) is 11.6 Å². The fourth-order valence-corrected chi connectivity index (χ4v) is 3.93. The van der Waals surface area contributed by atoms with Gasteiger partial charge in [0, 0.05) is 27.9 Å². The molecule has 0 fully saturated rings. The molecule has 0 aliphatic heterocycles. The number of nitrogens with two attached hydrogens (primary N) is 2. The van der Waals surface area contributed by atoms with Crippen molar-refractivity contribution < 1.29 is 22.6 Å². The molecule has 4 N–H and O–H groups in total. The lowest BCUT2D eigenvalue weighted by Gasteiger charge is -2.30. The third-order valence-electron chi connectivity index (χ3n) is 5.76. The number of hydrogen-bond acceptors (Lipinski definition) is 4. The van der Waals surface area contributed by atoms with Crippen LogP contribution in [-0.2, 0) is 11.6 Å². The number of rotatable bonds is 6. The summed E-state index contributed by atoms with van der Waals surface area (Å²) in [5, 5.41) is 0. The van der Waals surface area contributed by atoms with E-state index >= 15 is 0 Å². The molecule has 0 aliphatic carbocycles. The van der Waals surface area contributed by atoms with Gasteiger partial charge in [0.1, 0.15) is 28.6 Å². The number of anilines is 2. The van der Waals surface area contributed by atoms with E-state index in [4.69, 9.17) is 20.9 Å². The fourth-order valence-electron chi connectivity index (χ4n) is 3.93. The molecule has 0 atom stereocenters. The second-order valence-electron chi connectivity index (χ2n) is 8.64. The third-order valence-corrected chi connectivity index (χ3v) is 5.76. The van der Waals surface area contributed by atoms with Gasteiger partial charge in [-0.1, -0.05) is 50.2 Å². The molecule has 7 heteroatoms. The number of para-hydroxylation sites is 2. The van der Waals surface area contributed by atoms with Crippen LogP contribution in [0.3, 0.4) is 0 Å². The van der Waals surface area contributed by atoms with Crippen LogP contribution < -0.4 is 20.9 Å². The Kier molecular flexibility index (Phi) is 6.35. The van der Waals surface area contributed by atoms with Gasteiger partial charge in [-0.05, 0) is 54.6 Å². The van der Waals surface area contributed by atoms with Crippen LogP contribution in [0.25, 0.3) is 0 Å². The van der Waals surface area contributed by atoms with Gasteiger partial charge in [0.15, 0.2) is 0 Å². The van der Waals surface area contributed by atoms with E-state index in [-0.39, 0.29) is 11.4 Å². The monoisotopic (exact) mass is 478 g/mol. The highest BCUT2D eigenvalue weighted by Crippen LogP contribution is 2.45. The molecule has 4 nitrogen and oxygen atoms in total. The zero-order valence-electron chi connectivity index (χ0n) is 19.3. The Morgan fingerprint density at radius 3 is 1.63 bits per heavy atom. The highest BCUT2D eigenvalue weighted by Gasteiger charge is 2.36. The standard InChI is InChI=1S/C28H25F3N2O2/c1-27(2,21-7-3-5-9-24(21)34-20-14-11-18(32)12-15-20)22-8-4-6-10-25(22)35-26-16-13-19(33)17-23(26)28(29,30)31/h3-17H,32-33H2,1-2H3. The second kappa shape index (κ2) is 9.25. The van der Waals surface area contributed by atoms with Gasteiger partial charge in [0.25, 0.3) is 0 Å². The van der Waals surface area contributed by atoms with Crippen molar-refractivity contribution in [2.75, 3.05) is 11.5 Å². The molecule has 0 bridgehead atoms. The van der Waals surface area contributed by atoms with Gasteiger partial charge in [-0.2, -0.15) is 13.2 Å². The first-order chi connectivity index (χ1) is 16.6. The molecule has 0 radical (unpaired) electrons. The van der Waals surface area contributed by atoms with Gasteiger partial charge >= 0.3 is 6.18 Å². The lowest BCUT2D eigenvalue weighted by atomic mass is 9.77. The molecule has 180 valence electrons. The summed E-state index contributed by atoms with van der Waals surface area (Å²) in [5.41, 5.74) is 11.9. The molecule has 0 unspecified atom stereocenters. The molecule has 0 amide bonds. The molecule has 4 aromatic carbocycles. The Balaban J connectivity index is 1.75. The molecule has 0 heterocycles. The minimum absolute atomic E-state index is 0.00651. The fraction of sp³-hybridized carbons (Fsp3) is 0.143. The number of halogens is 3. The largest absolute Gasteiger partial charge is 0.457 e. The van der Waals surface area contributed by atoms with Crippen LogP contribution in [0, 0.1) is 0 Å². The van der Waals surface area contributed by atoms with Crippen LogP contribution in [-0.4, -0.2) is 0 Å². The highest BCUT2D eigenvalue weighted by molar-refractivity contribution is 5.55. The van der Waals surface area contributed by atoms with Crippen LogP contribution in [0.4, 0.5) is 24.5 Å². The van der Waals surface area contributed by atoms with E-state index in [9.17, 15) is 13.2 Å². The third kappa shape index (κ3) is 5.19. The van der Waals surface area contributed by atoms with Crippen molar-refractivity contribution in [3.63, 3.8) is 0 Å². The summed E-state index contributed by atoms with van der Waals surface area (Å²) in [6, 6.07) is 25.1. The lowest BCUT2D eigenvalue weighted by molar-refractivity contribution is -0.138. The van der Waals surface area contributed by atoms with Crippen molar-refractivity contribution in [1.29, 1.82) is 0 Å². The Hall–Kier alpha value is -4.13. The number of benzene rings is 4. The van der Waals surface area contributed by atoms with Crippen LogP contribution in [0.1, 0.15) is 30.5 Å². The Morgan fingerprint density at radius 2 is 1.06 bits per heavy atom. The molecule has 0 spiro atoms. The van der Waals surface area contributed by atoms with Crippen LogP contribution >= 0.6 is 0 Å². The van der Waals surface area contributed by atoms with Gasteiger partial charge in [-0.3, -0.25) is 0 Å². The molecular formula is C28H25F3N2O2. The maximum Gasteiger partial charge on any atom is 0.420 e. The first-order valence-corrected chi connectivity index (χ1v) is 10.9. The number of alkyl halides is 3. The number of hydrogen-bond donors (Lipinski definition) is 2. The molecule has 35 heavy (non-hydrogen) atoms. The molecule has 0 saturated heterocycles. The normalized spacial score (nSPS) is 11.8. The minimum Gasteiger partial charge on any atom is -0.457 e. The van der Waals surface area contributed by atoms with Crippen LogP contribution in [0.15, 0.2) is 91.0 Å². The van der Waals surface area contributed by atoms with Gasteiger partial charge in [-0.25, -0.2) is 0 Å². The molecule has 0 aromatic heterocycles. The number of ether oxygens (including phenoxy) is 2. The van der Waals surface area contributed by atoms with Crippen molar-refractivity contribution in [2.45, 2.75) is 25.4 Å². The summed E-state index contributed by atoms with van der Waals surface area (Å²) < 4.78 is 53.0. The Bertz CT molecular complexity index is 1330. The summed E-state index contributed by atoms with van der Waals surface area (Å²) in [7, 11) is 0. The maximum absolute atomic E-state index is 13.7. The summed E-state index contributed by atoms with van der Waals surface area (Å²) in [5.74, 6) is 1.21. The second-order valence-corrected chi connectivity index (χ2v) is 8.64. The van der Waals surface area contributed by atoms with Gasteiger partial charge in [0.05, 0.1) is 0 Å². The molecule has 4 rings (SSSR count). The first kappa shape index (κ1) is 24.0. The summed E-state index contributed by atoms with van der Waals surface area (Å²) >= 11 is 0. The zero-order valence-corrected chi connectivity index (χ0v) is 19.3. The van der Waals surface area contributed by atoms with Crippen LogP contribution in [0.2, 0.25) is 0 Å². The first-order valence-electron chi connectivity index (χ1n) is 10.9. The van der Waals surface area contributed by atoms with Crippen molar-refractivity contribution in [1.82, 2.24) is 0 Å². The van der Waals surface area contributed by atoms with Crippen molar-refractivity contribution >= 4 is 11.4 Å². The van der Waals surface area contributed by atoms with Gasteiger partial charge in [0.2, 0.25) is 0 Å². The van der Waals surface area contributed by atoms with Crippen LogP contribution in [0.5, 0.6) is 23.0 Å². The smallest absolute Gasteiger partial charge is 0.420 e.